The van der Waals surface area contributed by atoms with E-state index in [0.717, 1.165) is 21.4 Å². The number of ether oxygens (including phenoxy) is 1. The second-order valence-electron chi connectivity index (χ2n) is 3.02. The number of methoxy groups -OCH3 is 1. The van der Waals surface area contributed by atoms with E-state index in [1.165, 1.54) is 0 Å². The van der Waals surface area contributed by atoms with Gasteiger partial charge in [-0.15, -0.1) is 11.3 Å². The molecule has 14 heavy (non-hydrogen) atoms. The highest BCUT2D eigenvalue weighted by Crippen LogP contribution is 2.36. The summed E-state index contributed by atoms with van der Waals surface area (Å²) in [6.07, 6.45) is 0. The first-order valence-electron chi connectivity index (χ1n) is 4.20. The number of fused-ring (bicyclic) bond motifs is 1. The molecule has 0 spiro atoms. The van der Waals surface area contributed by atoms with Crippen molar-refractivity contribution in [2.75, 3.05) is 12.8 Å². The molecular formula is C10H11NO2S. The third-order valence-electron chi connectivity index (χ3n) is 2.14. The normalized spacial score (nSPS) is 10.7. The van der Waals surface area contributed by atoms with E-state index < -0.39 is 0 Å². The largest absolute Gasteiger partial charge is 0.495 e. The minimum atomic E-state index is -0.0192. The van der Waals surface area contributed by atoms with Crippen molar-refractivity contribution in [1.82, 2.24) is 0 Å². The summed E-state index contributed by atoms with van der Waals surface area (Å²) >= 11 is 1.57. The number of rotatable bonds is 2. The Morgan fingerprint density at radius 1 is 1.50 bits per heavy atom. The van der Waals surface area contributed by atoms with Gasteiger partial charge in [0.2, 0.25) is 0 Å². The first kappa shape index (κ1) is 9.30. The van der Waals surface area contributed by atoms with Gasteiger partial charge in [0, 0.05) is 21.2 Å². The zero-order chi connectivity index (χ0) is 10.1. The molecule has 0 unspecified atom stereocenters. The van der Waals surface area contributed by atoms with Crippen LogP contribution >= 0.6 is 11.3 Å². The highest BCUT2D eigenvalue weighted by molar-refractivity contribution is 7.17. The summed E-state index contributed by atoms with van der Waals surface area (Å²) in [6.45, 7) is -0.0192. The van der Waals surface area contributed by atoms with E-state index in [0.29, 0.717) is 5.69 Å². The van der Waals surface area contributed by atoms with Crippen LogP contribution in [0.15, 0.2) is 17.5 Å². The number of aliphatic hydroxyl groups is 1. The molecule has 0 aliphatic rings. The second-order valence-corrected chi connectivity index (χ2v) is 3.93. The molecule has 1 aromatic carbocycles. The molecule has 0 aliphatic heterocycles. The topological polar surface area (TPSA) is 55.5 Å². The molecular weight excluding hydrogens is 198 g/mol. The van der Waals surface area contributed by atoms with Crippen molar-refractivity contribution in [3.05, 3.63) is 23.1 Å². The third-order valence-corrected chi connectivity index (χ3v) is 3.04. The standard InChI is InChI=1S/C10H11NO2S/c1-13-8-5-14-9-3-7(11)2-6(4-12)10(8)9/h2-3,5,12H,4,11H2,1H3. The molecule has 2 rings (SSSR count). The number of nitrogens with two attached hydrogens (primary N) is 1. The van der Waals surface area contributed by atoms with Crippen LogP contribution in [-0.2, 0) is 6.61 Å². The van der Waals surface area contributed by atoms with Gasteiger partial charge in [-0.3, -0.25) is 0 Å². The second kappa shape index (κ2) is 3.48. The van der Waals surface area contributed by atoms with Crippen LogP contribution < -0.4 is 10.5 Å². The van der Waals surface area contributed by atoms with Gasteiger partial charge in [-0.1, -0.05) is 0 Å². The van der Waals surface area contributed by atoms with Gasteiger partial charge in [0.1, 0.15) is 5.75 Å². The zero-order valence-electron chi connectivity index (χ0n) is 7.78. The predicted molar refractivity (Wildman–Crippen MR) is 58.7 cm³/mol. The van der Waals surface area contributed by atoms with Crippen molar-refractivity contribution < 1.29 is 9.84 Å². The molecule has 3 nitrogen and oxygen atoms in total. The number of hydrogen-bond acceptors (Lipinski definition) is 4. The smallest absolute Gasteiger partial charge is 0.137 e. The van der Waals surface area contributed by atoms with Crippen molar-refractivity contribution in [3.63, 3.8) is 0 Å². The Hall–Kier alpha value is -1.26. The Morgan fingerprint density at radius 3 is 2.93 bits per heavy atom. The van der Waals surface area contributed by atoms with E-state index in [1.54, 1.807) is 24.5 Å². The summed E-state index contributed by atoms with van der Waals surface area (Å²) in [7, 11) is 1.62. The van der Waals surface area contributed by atoms with Crippen molar-refractivity contribution in [2.45, 2.75) is 6.61 Å². The molecule has 3 N–H and O–H groups in total. The summed E-state index contributed by atoms with van der Waals surface area (Å²) in [6, 6.07) is 3.67. The van der Waals surface area contributed by atoms with Crippen molar-refractivity contribution in [3.8, 4) is 5.75 Å². The highest BCUT2D eigenvalue weighted by Gasteiger charge is 2.09. The van der Waals surface area contributed by atoms with E-state index in [-0.39, 0.29) is 6.61 Å². The molecule has 0 fully saturated rings. The van der Waals surface area contributed by atoms with Crippen LogP contribution in [0, 0.1) is 0 Å². The maximum Gasteiger partial charge on any atom is 0.137 e. The van der Waals surface area contributed by atoms with E-state index in [2.05, 4.69) is 0 Å². The summed E-state index contributed by atoms with van der Waals surface area (Å²) in [5.41, 5.74) is 7.20. The molecule has 2 aromatic rings. The van der Waals surface area contributed by atoms with E-state index in [1.807, 2.05) is 11.4 Å². The van der Waals surface area contributed by atoms with Crippen LogP contribution in [-0.4, -0.2) is 12.2 Å². The fourth-order valence-corrected chi connectivity index (χ4v) is 2.52. The van der Waals surface area contributed by atoms with Gasteiger partial charge in [0.05, 0.1) is 13.7 Å². The van der Waals surface area contributed by atoms with Crippen LogP contribution in [0.4, 0.5) is 5.69 Å². The molecule has 0 saturated carbocycles. The highest BCUT2D eigenvalue weighted by atomic mass is 32.1. The Kier molecular flexibility index (Phi) is 2.31. The van der Waals surface area contributed by atoms with E-state index in [4.69, 9.17) is 10.5 Å². The molecule has 0 radical (unpaired) electrons. The van der Waals surface area contributed by atoms with Gasteiger partial charge in [0.25, 0.3) is 0 Å². The molecule has 0 saturated heterocycles. The lowest BCUT2D eigenvalue weighted by molar-refractivity contribution is 0.283. The number of thiophene rings is 1. The fraction of sp³-hybridized carbons (Fsp3) is 0.200. The molecule has 0 amide bonds. The maximum absolute atomic E-state index is 9.19. The van der Waals surface area contributed by atoms with E-state index >= 15 is 0 Å². The number of aliphatic hydroxyl groups excluding tert-OH is 1. The Balaban J connectivity index is 2.78. The summed E-state index contributed by atoms with van der Waals surface area (Å²) in [5.74, 6) is 0.800. The first-order valence-corrected chi connectivity index (χ1v) is 5.08. The van der Waals surface area contributed by atoms with Crippen molar-refractivity contribution >= 4 is 27.1 Å². The molecule has 0 aliphatic carbocycles. The quantitative estimate of drug-likeness (QED) is 0.744. The number of hydrogen-bond donors (Lipinski definition) is 2. The summed E-state index contributed by atoms with van der Waals surface area (Å²) in [4.78, 5) is 0. The number of nitrogen functional groups attached to an aromatic ring is 1. The van der Waals surface area contributed by atoms with Gasteiger partial charge in [-0.2, -0.15) is 0 Å². The average molecular weight is 209 g/mol. The molecule has 74 valence electrons. The van der Waals surface area contributed by atoms with Gasteiger partial charge >= 0.3 is 0 Å². The van der Waals surface area contributed by atoms with Crippen molar-refractivity contribution in [1.29, 1.82) is 0 Å². The van der Waals surface area contributed by atoms with Gasteiger partial charge in [-0.25, -0.2) is 0 Å². The van der Waals surface area contributed by atoms with Crippen LogP contribution in [0.5, 0.6) is 5.75 Å². The molecule has 0 bridgehead atoms. The first-order chi connectivity index (χ1) is 6.76. The minimum Gasteiger partial charge on any atom is -0.495 e. The van der Waals surface area contributed by atoms with E-state index in [9.17, 15) is 5.11 Å². The van der Waals surface area contributed by atoms with Crippen LogP contribution in [0.2, 0.25) is 0 Å². The van der Waals surface area contributed by atoms with Gasteiger partial charge in [-0.05, 0) is 17.7 Å². The van der Waals surface area contributed by atoms with Gasteiger partial charge in [0.15, 0.2) is 0 Å². The number of anilines is 1. The molecule has 0 atom stereocenters. The van der Waals surface area contributed by atoms with Gasteiger partial charge < -0.3 is 15.6 Å². The maximum atomic E-state index is 9.19. The summed E-state index contributed by atoms with van der Waals surface area (Å²) < 4.78 is 6.26. The Bertz CT molecular complexity index is 464. The average Bonchev–Trinajstić information content (AvgIpc) is 2.59. The number of benzene rings is 1. The van der Waals surface area contributed by atoms with Crippen LogP contribution in [0.25, 0.3) is 10.1 Å². The van der Waals surface area contributed by atoms with Crippen LogP contribution in [0.3, 0.4) is 0 Å². The van der Waals surface area contributed by atoms with Crippen LogP contribution in [0.1, 0.15) is 5.56 Å². The zero-order valence-corrected chi connectivity index (χ0v) is 8.60. The third kappa shape index (κ3) is 1.32. The predicted octanol–water partition coefficient (Wildman–Crippen LogP) is 1.98. The SMILES string of the molecule is COc1csc2cc(N)cc(CO)c12. The lowest BCUT2D eigenvalue weighted by Crippen LogP contribution is -1.91. The van der Waals surface area contributed by atoms with Crippen molar-refractivity contribution in [2.24, 2.45) is 0 Å². The fourth-order valence-electron chi connectivity index (χ4n) is 1.52. The lowest BCUT2D eigenvalue weighted by atomic mass is 10.1. The Labute approximate surface area is 85.7 Å². The minimum absolute atomic E-state index is 0.0192. The lowest BCUT2D eigenvalue weighted by Gasteiger charge is -2.04. The monoisotopic (exact) mass is 209 g/mol. The summed E-state index contributed by atoms with van der Waals surface area (Å²) in [5, 5.41) is 12.1. The Morgan fingerprint density at radius 2 is 2.29 bits per heavy atom. The molecule has 1 aromatic heterocycles. The molecule has 1 heterocycles. The molecule has 4 heteroatoms.